The number of nitrogens with zero attached hydrogens (tertiary/aromatic N) is 1. The third-order valence-corrected chi connectivity index (χ3v) is 6.44. The number of methoxy groups -OCH3 is 1. The van der Waals surface area contributed by atoms with Gasteiger partial charge in [0.1, 0.15) is 29.1 Å². The average molecular weight is 560 g/mol. The van der Waals surface area contributed by atoms with Gasteiger partial charge in [0.15, 0.2) is 18.4 Å². The van der Waals surface area contributed by atoms with Gasteiger partial charge in [-0.25, -0.2) is 9.59 Å². The van der Waals surface area contributed by atoms with Gasteiger partial charge in [-0.15, -0.1) is 0 Å². The SMILES string of the molecule is COCOc1cc(N(C)C(=O)OC(C)(C)C)cc2c1C(=O)O[C@@H](C)[C@H](C)/C=C\C(=O)C1OC(C)(C)OC1CC=C2. The Kier molecular flexibility index (Phi) is 9.81. The van der Waals surface area contributed by atoms with Gasteiger partial charge >= 0.3 is 12.1 Å². The quantitative estimate of drug-likeness (QED) is 0.359. The number of rotatable bonds is 4. The molecule has 1 amide bonds. The summed E-state index contributed by atoms with van der Waals surface area (Å²) in [6, 6.07) is 3.24. The van der Waals surface area contributed by atoms with E-state index in [9.17, 15) is 14.4 Å². The number of carbonyl (C=O) groups excluding carboxylic acids is 3. The number of ketones is 1. The number of esters is 1. The van der Waals surface area contributed by atoms with E-state index in [4.69, 9.17) is 28.4 Å². The van der Waals surface area contributed by atoms with Crippen LogP contribution in [0.3, 0.4) is 0 Å². The summed E-state index contributed by atoms with van der Waals surface area (Å²) in [6.45, 7) is 12.3. The lowest BCUT2D eigenvalue weighted by Crippen LogP contribution is -2.34. The standard InChI is InChI=1S/C30H41NO9/c1-18-13-14-22(32)26-23(38-30(6,7)39-26)12-10-11-20-15-21(31(8)28(34)40-29(3,4)5)16-24(36-17-35-9)25(20)27(33)37-19(18)2/h10-11,13-16,18-19,23,26H,12,17H2,1-9H3/b11-10?,14-13-/t18-,19+,23?,26?/m1/s1. The van der Waals surface area contributed by atoms with Crippen LogP contribution in [0.25, 0.3) is 6.08 Å². The van der Waals surface area contributed by atoms with Crippen LogP contribution in [0.1, 0.15) is 70.8 Å². The molecule has 40 heavy (non-hydrogen) atoms. The first-order valence-electron chi connectivity index (χ1n) is 13.3. The Morgan fingerprint density at radius 3 is 2.48 bits per heavy atom. The van der Waals surface area contributed by atoms with Gasteiger partial charge in [-0.2, -0.15) is 0 Å². The van der Waals surface area contributed by atoms with Crippen LogP contribution in [0.2, 0.25) is 0 Å². The molecule has 0 aliphatic carbocycles. The lowest BCUT2D eigenvalue weighted by molar-refractivity contribution is -0.152. The van der Waals surface area contributed by atoms with Crippen molar-refractivity contribution in [3.63, 3.8) is 0 Å². The van der Waals surface area contributed by atoms with Gasteiger partial charge in [-0.3, -0.25) is 9.69 Å². The molecular weight excluding hydrogens is 518 g/mol. The third kappa shape index (κ3) is 7.93. The maximum Gasteiger partial charge on any atom is 0.414 e. The Hall–Kier alpha value is -3.21. The first-order chi connectivity index (χ1) is 18.6. The molecule has 3 rings (SSSR count). The zero-order valence-electron chi connectivity index (χ0n) is 24.8. The predicted molar refractivity (Wildman–Crippen MR) is 149 cm³/mol. The number of hydrogen-bond acceptors (Lipinski definition) is 9. The Balaban J connectivity index is 2.12. The molecule has 4 atom stereocenters. The normalized spacial score (nSPS) is 25.7. The van der Waals surface area contributed by atoms with Crippen molar-refractivity contribution in [2.75, 3.05) is 25.9 Å². The summed E-state index contributed by atoms with van der Waals surface area (Å²) in [6.07, 6.45) is 4.54. The molecule has 220 valence electrons. The lowest BCUT2D eigenvalue weighted by Gasteiger charge is -2.26. The topological polar surface area (TPSA) is 110 Å². The Morgan fingerprint density at radius 1 is 1.12 bits per heavy atom. The molecule has 2 unspecified atom stereocenters. The number of anilines is 1. The van der Waals surface area contributed by atoms with E-state index in [1.165, 1.54) is 18.1 Å². The number of hydrogen-bond donors (Lipinski definition) is 0. The summed E-state index contributed by atoms with van der Waals surface area (Å²) >= 11 is 0. The fraction of sp³-hybridized carbons (Fsp3) is 0.567. The van der Waals surface area contributed by atoms with Crippen LogP contribution >= 0.6 is 0 Å². The van der Waals surface area contributed by atoms with Crippen molar-refractivity contribution in [3.8, 4) is 5.75 Å². The minimum atomic E-state index is -0.930. The Labute approximate surface area is 236 Å². The molecule has 2 aliphatic heterocycles. The van der Waals surface area contributed by atoms with Gasteiger partial charge in [-0.05, 0) is 65.7 Å². The molecule has 1 aromatic carbocycles. The summed E-state index contributed by atoms with van der Waals surface area (Å²) in [4.78, 5) is 40.7. The van der Waals surface area contributed by atoms with Gasteiger partial charge in [0.05, 0.1) is 11.8 Å². The van der Waals surface area contributed by atoms with E-state index in [0.717, 1.165) is 0 Å². The smallest absolute Gasteiger partial charge is 0.414 e. The molecule has 2 aliphatic rings. The maximum absolute atomic E-state index is 13.5. The molecule has 10 heteroatoms. The van der Waals surface area contributed by atoms with E-state index in [1.807, 2.05) is 6.92 Å². The molecule has 0 bridgehead atoms. The lowest BCUT2D eigenvalue weighted by atomic mass is 9.99. The van der Waals surface area contributed by atoms with E-state index in [0.29, 0.717) is 17.7 Å². The molecule has 0 radical (unpaired) electrons. The van der Waals surface area contributed by atoms with Crippen molar-refractivity contribution < 1.29 is 42.8 Å². The average Bonchev–Trinajstić information content (AvgIpc) is 3.17. The van der Waals surface area contributed by atoms with Gasteiger partial charge in [0.2, 0.25) is 0 Å². The summed E-state index contributed by atoms with van der Waals surface area (Å²) in [5.41, 5.74) is 0.338. The van der Waals surface area contributed by atoms with Crippen molar-refractivity contribution in [2.24, 2.45) is 5.92 Å². The number of fused-ring (bicyclic) bond motifs is 2. The molecule has 1 fully saturated rings. The molecule has 2 heterocycles. The minimum absolute atomic E-state index is 0.135. The highest BCUT2D eigenvalue weighted by Crippen LogP contribution is 2.35. The number of ether oxygens (including phenoxy) is 6. The molecule has 1 saturated heterocycles. The predicted octanol–water partition coefficient (Wildman–Crippen LogP) is 5.28. The first kappa shape index (κ1) is 31.3. The number of carbonyl (C=O) groups is 3. The molecule has 0 spiro atoms. The zero-order valence-corrected chi connectivity index (χ0v) is 24.8. The fourth-order valence-electron chi connectivity index (χ4n) is 4.25. The number of amides is 1. The molecule has 10 nitrogen and oxygen atoms in total. The van der Waals surface area contributed by atoms with Crippen molar-refractivity contribution in [3.05, 3.63) is 41.5 Å². The summed E-state index contributed by atoms with van der Waals surface area (Å²) in [5, 5.41) is 0. The zero-order chi connectivity index (χ0) is 29.8. The first-order valence-corrected chi connectivity index (χ1v) is 13.3. The second-order valence-corrected chi connectivity index (χ2v) is 11.5. The monoisotopic (exact) mass is 559 g/mol. The van der Waals surface area contributed by atoms with Crippen molar-refractivity contribution in [1.29, 1.82) is 0 Å². The van der Waals surface area contributed by atoms with Crippen LogP contribution in [-0.2, 0) is 28.5 Å². The van der Waals surface area contributed by atoms with E-state index in [-0.39, 0.29) is 29.8 Å². The van der Waals surface area contributed by atoms with Gasteiger partial charge in [-0.1, -0.05) is 25.2 Å². The second-order valence-electron chi connectivity index (χ2n) is 11.5. The van der Waals surface area contributed by atoms with Crippen LogP contribution in [-0.4, -0.2) is 68.5 Å². The highest BCUT2D eigenvalue weighted by molar-refractivity contribution is 5.99. The van der Waals surface area contributed by atoms with E-state index in [1.54, 1.807) is 79.0 Å². The van der Waals surface area contributed by atoms with E-state index >= 15 is 0 Å². The van der Waals surface area contributed by atoms with Crippen LogP contribution < -0.4 is 9.64 Å². The van der Waals surface area contributed by atoms with Gasteiger partial charge < -0.3 is 28.4 Å². The molecular formula is C30H41NO9. The highest BCUT2D eigenvalue weighted by atomic mass is 16.8. The largest absolute Gasteiger partial charge is 0.467 e. The van der Waals surface area contributed by atoms with Crippen LogP contribution in [0.4, 0.5) is 10.5 Å². The summed E-state index contributed by atoms with van der Waals surface area (Å²) < 4.78 is 34.2. The third-order valence-electron chi connectivity index (χ3n) is 6.44. The van der Waals surface area contributed by atoms with Gasteiger partial charge in [0.25, 0.3) is 0 Å². The van der Waals surface area contributed by atoms with Crippen LogP contribution in [0.15, 0.2) is 30.4 Å². The summed E-state index contributed by atoms with van der Waals surface area (Å²) in [7, 11) is 3.03. The van der Waals surface area contributed by atoms with Crippen molar-refractivity contribution in [2.45, 2.75) is 84.6 Å². The molecule has 0 N–H and O–H groups in total. The summed E-state index contributed by atoms with van der Waals surface area (Å²) in [5.74, 6) is -1.86. The molecule has 0 saturated carbocycles. The van der Waals surface area contributed by atoms with Gasteiger partial charge in [0, 0.05) is 26.1 Å². The van der Waals surface area contributed by atoms with E-state index < -0.39 is 41.8 Å². The van der Waals surface area contributed by atoms with Crippen LogP contribution in [0, 0.1) is 5.92 Å². The highest BCUT2D eigenvalue weighted by Gasteiger charge is 2.43. The maximum atomic E-state index is 13.5. The van der Waals surface area contributed by atoms with Crippen molar-refractivity contribution in [1.82, 2.24) is 0 Å². The second kappa shape index (κ2) is 12.5. The van der Waals surface area contributed by atoms with E-state index in [2.05, 4.69) is 0 Å². The number of cyclic esters (lactones) is 1. The molecule has 1 aromatic rings. The Bertz CT molecular complexity index is 1160. The molecule has 0 aromatic heterocycles. The van der Waals surface area contributed by atoms with Crippen LogP contribution in [0.5, 0.6) is 5.75 Å². The fourth-order valence-corrected chi connectivity index (χ4v) is 4.25. The Morgan fingerprint density at radius 2 is 1.82 bits per heavy atom. The van der Waals surface area contributed by atoms with Crippen molar-refractivity contribution >= 4 is 29.6 Å². The minimum Gasteiger partial charge on any atom is -0.467 e. The number of benzene rings is 1.